The van der Waals surface area contributed by atoms with Gasteiger partial charge in [0.15, 0.2) is 0 Å². The molecule has 0 aromatic carbocycles. The van der Waals surface area contributed by atoms with Crippen molar-refractivity contribution in [1.29, 1.82) is 0 Å². The molecule has 0 rings (SSSR count). The third-order valence-electron chi connectivity index (χ3n) is 1.49. The van der Waals surface area contributed by atoms with Gasteiger partial charge in [-0.3, -0.25) is 0 Å². The first-order chi connectivity index (χ1) is 5.91. The summed E-state index contributed by atoms with van der Waals surface area (Å²) in [6.45, 7) is -0.761. The normalized spacial score (nSPS) is 20.5. The van der Waals surface area contributed by atoms with Crippen molar-refractivity contribution in [2.45, 2.75) is 24.4 Å². The second-order valence-corrected chi connectivity index (χ2v) is 3.05. The van der Waals surface area contributed by atoms with Gasteiger partial charge < -0.3 is 0 Å². The summed E-state index contributed by atoms with van der Waals surface area (Å²) in [6.07, 6.45) is -6.87. The van der Waals surface area contributed by atoms with Crippen LogP contribution in [0.4, 0.5) is 0 Å². The molecule has 0 aliphatic rings. The van der Waals surface area contributed by atoms with Crippen LogP contribution < -0.4 is 0 Å². The molecule has 6 N–H and O–H groups in total. The molecule has 0 fully saturated rings. The van der Waals surface area contributed by atoms with Gasteiger partial charge in [0, 0.05) is 0 Å². The minimum absolute atomic E-state index is 0.725. The maximum absolute atomic E-state index is 9.07. The summed E-state index contributed by atoms with van der Waals surface area (Å²) in [5.41, 5.74) is 0. The summed E-state index contributed by atoms with van der Waals surface area (Å²) >= 11 is 2.93. The number of rotatable bonds is 5. The molecule has 79 valence electrons. The van der Waals surface area contributed by atoms with Gasteiger partial charge in [0.25, 0.3) is 0 Å². The summed E-state index contributed by atoms with van der Waals surface area (Å²) < 4.78 is -0.725. The molecule has 0 aliphatic heterocycles. The molecular weight excluding hydrogens is 224 g/mol. The van der Waals surface area contributed by atoms with E-state index < -0.39 is 35.6 Å². The van der Waals surface area contributed by atoms with Gasteiger partial charge in [0.2, 0.25) is 0 Å². The van der Waals surface area contributed by atoms with Gasteiger partial charge in [-0.1, -0.05) is 0 Å². The molecule has 1 unspecified atom stereocenters. The third kappa shape index (κ3) is 3.80. The van der Waals surface area contributed by atoms with Crippen molar-refractivity contribution in [1.82, 2.24) is 0 Å². The average Bonchev–Trinajstić information content (AvgIpc) is 2.12. The zero-order valence-electron chi connectivity index (χ0n) is 6.55. The Labute approximate surface area is 82.4 Å². The van der Waals surface area contributed by atoms with Crippen molar-refractivity contribution in [3.8, 4) is 0 Å². The molecule has 0 radical (unpaired) electrons. The van der Waals surface area contributed by atoms with E-state index in [0.717, 1.165) is 0 Å². The summed E-state index contributed by atoms with van der Waals surface area (Å²) in [7, 11) is 0. The molecule has 0 aromatic rings. The Morgan fingerprint density at radius 3 is 1.85 bits per heavy atom. The Kier molecular flexibility index (Phi) is 5.86. The predicted octanol–water partition coefficient (Wildman–Crippen LogP) is -3.53. The van der Waals surface area contributed by atoms with Crippen LogP contribution in [0.1, 0.15) is 0 Å². The maximum atomic E-state index is 9.07. The first kappa shape index (κ1) is 13.1. The Balaban J connectivity index is 4.24. The predicted molar refractivity (Wildman–Crippen MR) is 38.1 cm³/mol. The number of hydrogen-bond donors (Lipinski definition) is 6. The van der Waals surface area contributed by atoms with Crippen LogP contribution in [-0.2, 0) is 15.6 Å². The van der Waals surface area contributed by atoms with E-state index in [9.17, 15) is 0 Å². The topological polar surface area (TPSA) is 121 Å². The Morgan fingerprint density at radius 2 is 1.54 bits per heavy atom. The van der Waals surface area contributed by atoms with Gasteiger partial charge in [0.05, 0.1) is 0 Å². The molecule has 6 nitrogen and oxygen atoms in total. The van der Waals surface area contributed by atoms with E-state index in [1.807, 2.05) is 0 Å². The fourth-order valence-electron chi connectivity index (χ4n) is 0.659. The van der Waals surface area contributed by atoms with Gasteiger partial charge in [-0.25, -0.2) is 0 Å². The number of aliphatic hydroxyl groups excluding tert-OH is 6. The first-order valence-corrected chi connectivity index (χ1v) is 4.00. The molecule has 0 bridgehead atoms. The van der Waals surface area contributed by atoms with Crippen LogP contribution in [0.25, 0.3) is 0 Å². The average molecular weight is 236 g/mol. The molecule has 4 atom stereocenters. The zero-order valence-corrected chi connectivity index (χ0v) is 7.66. The van der Waals surface area contributed by atoms with Crippen LogP contribution in [0, 0.1) is 0 Å². The van der Waals surface area contributed by atoms with Gasteiger partial charge >= 0.3 is 81.8 Å². The summed E-state index contributed by atoms with van der Waals surface area (Å²) in [5.74, 6) is 0. The molecule has 0 spiro atoms. The Hall–Kier alpha value is 0.149. The first-order valence-electron chi connectivity index (χ1n) is 3.45. The number of hydrogen-bond acceptors (Lipinski definition) is 6. The van der Waals surface area contributed by atoms with E-state index in [1.165, 1.54) is 0 Å². The van der Waals surface area contributed by atoms with Gasteiger partial charge in [0.1, 0.15) is 0 Å². The standard InChI is InChI=1S/C6H12O6.Fe/c7-1-3(9)5(11)6(12)4(10)2-8;/h3-12H,1H2;/q;+1/t3-,4?,5+,6-;/m0./s1. The van der Waals surface area contributed by atoms with E-state index in [0.29, 0.717) is 0 Å². The molecule has 0 aliphatic carbocycles. The van der Waals surface area contributed by atoms with Crippen molar-refractivity contribution < 1.29 is 46.2 Å². The van der Waals surface area contributed by atoms with Crippen molar-refractivity contribution in [2.75, 3.05) is 6.61 Å². The SMILES string of the molecule is OC[C@H](O)[C@@H](O)[C@@H](O)C(O)[C](O)=[Fe+]. The van der Waals surface area contributed by atoms with E-state index in [-0.39, 0.29) is 0 Å². The van der Waals surface area contributed by atoms with Crippen molar-refractivity contribution in [3.63, 3.8) is 0 Å². The summed E-state index contributed by atoms with van der Waals surface area (Å²) in [5, 5.41) is 52.9. The molecular formula is C6H12FeO6+. The van der Waals surface area contributed by atoms with Crippen LogP contribution in [0.5, 0.6) is 0 Å². The van der Waals surface area contributed by atoms with Crippen LogP contribution >= 0.6 is 0 Å². The summed E-state index contributed by atoms with van der Waals surface area (Å²) in [6, 6.07) is 0. The molecule has 7 heteroatoms. The second-order valence-electron chi connectivity index (χ2n) is 2.49. The van der Waals surface area contributed by atoms with Crippen molar-refractivity contribution in [3.05, 3.63) is 0 Å². The van der Waals surface area contributed by atoms with Crippen LogP contribution in [0.3, 0.4) is 0 Å². The van der Waals surface area contributed by atoms with Gasteiger partial charge in [-0.15, -0.1) is 0 Å². The Bertz CT molecular complexity index is 175. The van der Waals surface area contributed by atoms with Gasteiger partial charge in [-0.05, 0) is 0 Å². The fourth-order valence-corrected chi connectivity index (χ4v) is 0.848. The molecule has 0 saturated carbocycles. The molecule has 0 heterocycles. The van der Waals surface area contributed by atoms with E-state index in [4.69, 9.17) is 30.6 Å². The van der Waals surface area contributed by atoms with Crippen molar-refractivity contribution >= 4 is 4.60 Å². The molecule has 0 saturated heterocycles. The van der Waals surface area contributed by atoms with Crippen LogP contribution in [0.2, 0.25) is 0 Å². The van der Waals surface area contributed by atoms with E-state index in [1.54, 1.807) is 0 Å². The van der Waals surface area contributed by atoms with Crippen LogP contribution in [-0.4, -0.2) is 66.3 Å². The molecule has 0 aromatic heterocycles. The van der Waals surface area contributed by atoms with Crippen molar-refractivity contribution in [2.24, 2.45) is 0 Å². The quantitative estimate of drug-likeness (QED) is 0.275. The van der Waals surface area contributed by atoms with E-state index in [2.05, 4.69) is 15.6 Å². The number of aliphatic hydroxyl groups is 6. The Morgan fingerprint density at radius 1 is 1.08 bits per heavy atom. The third-order valence-corrected chi connectivity index (χ3v) is 1.82. The van der Waals surface area contributed by atoms with Crippen LogP contribution in [0.15, 0.2) is 0 Å². The molecule has 0 amide bonds. The van der Waals surface area contributed by atoms with E-state index >= 15 is 0 Å². The minimum atomic E-state index is -1.79. The zero-order chi connectivity index (χ0) is 10.6. The van der Waals surface area contributed by atoms with Gasteiger partial charge in [-0.2, -0.15) is 0 Å². The molecule has 13 heavy (non-hydrogen) atoms. The second kappa shape index (κ2) is 5.79. The summed E-state index contributed by atoms with van der Waals surface area (Å²) in [4.78, 5) is 0. The fraction of sp³-hybridized carbons (Fsp3) is 0.833. The monoisotopic (exact) mass is 236 g/mol.